The molecule has 23 heavy (non-hydrogen) atoms. The van der Waals surface area contributed by atoms with Crippen molar-refractivity contribution in [3.05, 3.63) is 17.0 Å². The molecular formula is C18H29N3O2. The van der Waals surface area contributed by atoms with E-state index in [-0.39, 0.29) is 0 Å². The van der Waals surface area contributed by atoms with Crippen molar-refractivity contribution in [2.24, 2.45) is 0 Å². The molecule has 1 aromatic heterocycles. The van der Waals surface area contributed by atoms with Gasteiger partial charge < -0.3 is 9.42 Å². The number of rotatable bonds is 5. The van der Waals surface area contributed by atoms with Gasteiger partial charge >= 0.3 is 0 Å². The molecule has 2 fully saturated rings. The molecule has 1 amide bonds. The minimum Gasteiger partial charge on any atom is -0.361 e. The van der Waals surface area contributed by atoms with Crippen molar-refractivity contribution in [1.82, 2.24) is 15.0 Å². The Morgan fingerprint density at radius 1 is 1.22 bits per heavy atom. The molecule has 3 heterocycles. The Morgan fingerprint density at radius 3 is 2.65 bits per heavy atom. The number of nitrogens with zero attached hydrogens (tertiary/aromatic N) is 3. The minimum absolute atomic E-state index is 0.301. The first kappa shape index (κ1) is 16.5. The Labute approximate surface area is 139 Å². The van der Waals surface area contributed by atoms with E-state index in [0.29, 0.717) is 24.4 Å². The molecule has 5 heteroatoms. The Morgan fingerprint density at radius 2 is 1.96 bits per heavy atom. The van der Waals surface area contributed by atoms with Gasteiger partial charge in [0.1, 0.15) is 5.76 Å². The van der Waals surface area contributed by atoms with E-state index in [9.17, 15) is 4.79 Å². The predicted octanol–water partition coefficient (Wildman–Crippen LogP) is 2.70. The van der Waals surface area contributed by atoms with E-state index in [0.717, 1.165) is 49.4 Å². The summed E-state index contributed by atoms with van der Waals surface area (Å²) in [4.78, 5) is 17.5. The molecule has 2 aliphatic heterocycles. The monoisotopic (exact) mass is 319 g/mol. The van der Waals surface area contributed by atoms with Crippen molar-refractivity contribution in [3.8, 4) is 0 Å². The normalized spacial score (nSPS) is 25.4. The minimum atomic E-state index is 0.301. The first-order valence-electron chi connectivity index (χ1n) is 9.07. The van der Waals surface area contributed by atoms with Crippen LogP contribution in [0.3, 0.4) is 0 Å². The third-order valence-electron chi connectivity index (χ3n) is 5.65. The van der Waals surface area contributed by atoms with Crippen molar-refractivity contribution in [2.75, 3.05) is 19.6 Å². The molecular weight excluding hydrogens is 290 g/mol. The lowest BCUT2D eigenvalue weighted by molar-refractivity contribution is -0.133. The molecule has 1 aromatic rings. The van der Waals surface area contributed by atoms with Crippen LogP contribution in [0.2, 0.25) is 0 Å². The smallest absolute Gasteiger partial charge is 0.223 e. The maximum Gasteiger partial charge on any atom is 0.223 e. The van der Waals surface area contributed by atoms with E-state index in [4.69, 9.17) is 4.52 Å². The van der Waals surface area contributed by atoms with E-state index in [1.165, 1.54) is 19.4 Å². The number of hydrogen-bond acceptors (Lipinski definition) is 4. The van der Waals surface area contributed by atoms with Crippen LogP contribution in [-0.4, -0.2) is 52.6 Å². The highest BCUT2D eigenvalue weighted by atomic mass is 16.5. The fourth-order valence-electron chi connectivity index (χ4n) is 4.42. The average Bonchev–Trinajstić information content (AvgIpc) is 3.25. The van der Waals surface area contributed by atoms with Crippen LogP contribution in [0.15, 0.2) is 4.52 Å². The summed E-state index contributed by atoms with van der Waals surface area (Å²) in [6, 6.07) is 1.00. The van der Waals surface area contributed by atoms with Gasteiger partial charge in [0.05, 0.1) is 5.69 Å². The molecule has 0 unspecified atom stereocenters. The summed E-state index contributed by atoms with van der Waals surface area (Å²) < 4.78 is 5.20. The quantitative estimate of drug-likeness (QED) is 0.837. The Kier molecular flexibility index (Phi) is 5.05. The number of aromatic nitrogens is 1. The van der Waals surface area contributed by atoms with Crippen molar-refractivity contribution in [1.29, 1.82) is 0 Å². The molecule has 128 valence electrons. The summed E-state index contributed by atoms with van der Waals surface area (Å²) in [5.41, 5.74) is 2.02. The molecule has 5 nitrogen and oxygen atoms in total. The molecule has 2 atom stereocenters. The summed E-state index contributed by atoms with van der Waals surface area (Å²) in [6.07, 6.45) is 6.14. The van der Waals surface area contributed by atoms with Gasteiger partial charge in [-0.2, -0.15) is 0 Å². The second-order valence-electron chi connectivity index (χ2n) is 6.94. The predicted molar refractivity (Wildman–Crippen MR) is 89.3 cm³/mol. The molecule has 2 saturated heterocycles. The van der Waals surface area contributed by atoms with Crippen LogP contribution in [0, 0.1) is 13.8 Å². The maximum atomic E-state index is 12.8. The van der Waals surface area contributed by atoms with Crippen molar-refractivity contribution in [3.63, 3.8) is 0 Å². The highest BCUT2D eigenvalue weighted by molar-refractivity contribution is 5.77. The number of amides is 1. The molecule has 0 spiro atoms. The fraction of sp³-hybridized carbons (Fsp3) is 0.778. The first-order chi connectivity index (χ1) is 11.1. The van der Waals surface area contributed by atoms with Gasteiger partial charge in [0.25, 0.3) is 0 Å². The van der Waals surface area contributed by atoms with Crippen LogP contribution >= 0.6 is 0 Å². The molecule has 0 bridgehead atoms. The largest absolute Gasteiger partial charge is 0.361 e. The van der Waals surface area contributed by atoms with Gasteiger partial charge in [0, 0.05) is 30.6 Å². The van der Waals surface area contributed by atoms with Crippen molar-refractivity contribution < 1.29 is 9.32 Å². The first-order valence-corrected chi connectivity index (χ1v) is 9.07. The van der Waals surface area contributed by atoms with Gasteiger partial charge in [-0.05, 0) is 59.0 Å². The van der Waals surface area contributed by atoms with Gasteiger partial charge in [0.2, 0.25) is 5.91 Å². The van der Waals surface area contributed by atoms with Gasteiger partial charge in [-0.15, -0.1) is 0 Å². The maximum absolute atomic E-state index is 12.8. The van der Waals surface area contributed by atoms with E-state index in [1.807, 2.05) is 13.8 Å². The van der Waals surface area contributed by atoms with E-state index < -0.39 is 0 Å². The summed E-state index contributed by atoms with van der Waals surface area (Å²) in [5, 5.41) is 3.98. The second kappa shape index (κ2) is 7.04. The Hall–Kier alpha value is -1.36. The van der Waals surface area contributed by atoms with Gasteiger partial charge in [-0.3, -0.25) is 9.69 Å². The lowest BCUT2D eigenvalue weighted by atomic mass is 10.0. The topological polar surface area (TPSA) is 49.6 Å². The lowest BCUT2D eigenvalue weighted by Gasteiger charge is -2.34. The highest BCUT2D eigenvalue weighted by Crippen LogP contribution is 2.30. The number of likely N-dealkylation sites (tertiary alicyclic amines) is 2. The fourth-order valence-corrected chi connectivity index (χ4v) is 4.42. The SMILES string of the molecule is CCN1CCC[C@H]1[C@H]1CCCN1C(=O)CCc1c(C)noc1C. The third kappa shape index (κ3) is 3.30. The standard InChI is InChI=1S/C18H29N3O2/c1-4-20-11-5-7-16(20)17-8-6-12-21(17)18(22)10-9-15-13(2)19-23-14(15)3/h16-17H,4-12H2,1-3H3/t16-,17+/m0/s1. The van der Waals surface area contributed by atoms with Gasteiger partial charge in [0.15, 0.2) is 0 Å². The number of hydrogen-bond donors (Lipinski definition) is 0. The number of aryl methyl sites for hydroxylation is 2. The molecule has 2 aliphatic rings. The highest BCUT2D eigenvalue weighted by Gasteiger charge is 2.38. The number of carbonyl (C=O) groups excluding carboxylic acids is 1. The third-order valence-corrected chi connectivity index (χ3v) is 5.65. The molecule has 0 saturated carbocycles. The molecule has 3 rings (SSSR count). The van der Waals surface area contributed by atoms with Crippen LogP contribution in [0.5, 0.6) is 0 Å². The molecule has 0 aliphatic carbocycles. The van der Waals surface area contributed by atoms with Crippen LogP contribution < -0.4 is 0 Å². The molecule has 0 N–H and O–H groups in total. The van der Waals surface area contributed by atoms with Crippen LogP contribution in [0.1, 0.15) is 56.0 Å². The molecule has 0 aromatic carbocycles. The lowest BCUT2D eigenvalue weighted by Crippen LogP contribution is -2.48. The summed E-state index contributed by atoms with van der Waals surface area (Å²) in [6.45, 7) is 9.33. The zero-order valence-corrected chi connectivity index (χ0v) is 14.7. The Balaban J connectivity index is 1.62. The van der Waals surface area contributed by atoms with Crippen LogP contribution in [0.25, 0.3) is 0 Å². The second-order valence-corrected chi connectivity index (χ2v) is 6.94. The van der Waals surface area contributed by atoms with Crippen molar-refractivity contribution >= 4 is 5.91 Å². The summed E-state index contributed by atoms with van der Waals surface area (Å²) in [5.74, 6) is 1.15. The van der Waals surface area contributed by atoms with Gasteiger partial charge in [-0.25, -0.2) is 0 Å². The average molecular weight is 319 g/mol. The van der Waals surface area contributed by atoms with Crippen molar-refractivity contribution in [2.45, 2.75) is 71.4 Å². The Bertz CT molecular complexity index is 535. The van der Waals surface area contributed by atoms with E-state index in [2.05, 4.69) is 21.9 Å². The van der Waals surface area contributed by atoms with Crippen LogP contribution in [0.4, 0.5) is 0 Å². The summed E-state index contributed by atoms with van der Waals surface area (Å²) in [7, 11) is 0. The van der Waals surface area contributed by atoms with Crippen LogP contribution in [-0.2, 0) is 11.2 Å². The van der Waals surface area contributed by atoms with Gasteiger partial charge in [-0.1, -0.05) is 12.1 Å². The van der Waals surface area contributed by atoms with E-state index in [1.54, 1.807) is 0 Å². The summed E-state index contributed by atoms with van der Waals surface area (Å²) >= 11 is 0. The molecule has 0 radical (unpaired) electrons. The van der Waals surface area contributed by atoms with E-state index >= 15 is 0 Å². The number of likely N-dealkylation sites (N-methyl/N-ethyl adjacent to an activating group) is 1. The zero-order chi connectivity index (χ0) is 16.4. The number of carbonyl (C=O) groups is 1. The zero-order valence-electron chi connectivity index (χ0n) is 14.7.